The molecule has 3 atom stereocenters. The number of aliphatic imine (C=N–C) groups is 1. The zero-order valence-corrected chi connectivity index (χ0v) is 15.6. The standard InChI is InChI=1S/C20H31N3O3/c1-3-17-14-23(9-6-19(17)26-11-1)20(22-13-16-7-12-24-15-16)21-8-5-18-4-2-10-25-18/h2,4,10,16-17,19H,1,3,5-9,11-15H2,(H,21,22). The van der Waals surface area contributed by atoms with Crippen LogP contribution in [0.3, 0.4) is 0 Å². The Hall–Kier alpha value is -1.53. The highest BCUT2D eigenvalue weighted by Crippen LogP contribution is 2.28. The SMILES string of the molecule is c1coc(CCNC(=NCC2CCOC2)N2CCC3OCCCC3C2)c1. The fraction of sp³-hybridized carbons (Fsp3) is 0.750. The van der Waals surface area contributed by atoms with E-state index >= 15 is 0 Å². The Morgan fingerprint density at radius 1 is 1.27 bits per heavy atom. The molecule has 1 aromatic heterocycles. The molecule has 0 amide bonds. The summed E-state index contributed by atoms with van der Waals surface area (Å²) in [7, 11) is 0. The second-order valence-electron chi connectivity index (χ2n) is 7.70. The molecule has 6 nitrogen and oxygen atoms in total. The highest BCUT2D eigenvalue weighted by molar-refractivity contribution is 5.80. The zero-order chi connectivity index (χ0) is 17.6. The Labute approximate surface area is 155 Å². The molecule has 4 heterocycles. The number of piperidine rings is 1. The smallest absolute Gasteiger partial charge is 0.193 e. The van der Waals surface area contributed by atoms with Gasteiger partial charge in [-0.05, 0) is 37.8 Å². The summed E-state index contributed by atoms with van der Waals surface area (Å²) < 4.78 is 16.9. The van der Waals surface area contributed by atoms with Crippen LogP contribution in [-0.2, 0) is 15.9 Å². The van der Waals surface area contributed by atoms with E-state index in [1.807, 2.05) is 12.1 Å². The van der Waals surface area contributed by atoms with Gasteiger partial charge in [0.25, 0.3) is 0 Å². The third-order valence-electron chi connectivity index (χ3n) is 5.77. The predicted octanol–water partition coefficient (Wildman–Crippen LogP) is 2.31. The van der Waals surface area contributed by atoms with Crippen LogP contribution in [0.15, 0.2) is 27.8 Å². The van der Waals surface area contributed by atoms with E-state index in [4.69, 9.17) is 18.9 Å². The van der Waals surface area contributed by atoms with Gasteiger partial charge in [0.05, 0.1) is 19.0 Å². The van der Waals surface area contributed by atoms with Crippen molar-refractivity contribution in [3.05, 3.63) is 24.2 Å². The van der Waals surface area contributed by atoms with Crippen molar-refractivity contribution in [2.24, 2.45) is 16.8 Å². The molecule has 0 spiro atoms. The summed E-state index contributed by atoms with van der Waals surface area (Å²) in [6.07, 6.45) is 7.76. The minimum atomic E-state index is 0.451. The normalized spacial score (nSPS) is 29.6. The van der Waals surface area contributed by atoms with Crippen LogP contribution in [0.1, 0.15) is 31.4 Å². The van der Waals surface area contributed by atoms with Gasteiger partial charge in [-0.3, -0.25) is 4.99 Å². The van der Waals surface area contributed by atoms with Crippen molar-refractivity contribution in [1.29, 1.82) is 0 Å². The Bertz CT molecular complexity index is 569. The third kappa shape index (κ3) is 4.60. The second kappa shape index (κ2) is 8.91. The van der Waals surface area contributed by atoms with E-state index in [0.717, 1.165) is 77.0 Å². The molecule has 3 aliphatic heterocycles. The van der Waals surface area contributed by atoms with Gasteiger partial charge < -0.3 is 24.1 Å². The van der Waals surface area contributed by atoms with Crippen LogP contribution in [-0.4, -0.2) is 63.0 Å². The topological polar surface area (TPSA) is 59.2 Å². The molecular formula is C20H31N3O3. The van der Waals surface area contributed by atoms with Gasteiger partial charge >= 0.3 is 0 Å². The lowest BCUT2D eigenvalue weighted by Gasteiger charge is -2.42. The van der Waals surface area contributed by atoms with Crippen LogP contribution in [0, 0.1) is 11.8 Å². The van der Waals surface area contributed by atoms with Crippen LogP contribution in [0.25, 0.3) is 0 Å². The van der Waals surface area contributed by atoms with E-state index in [2.05, 4.69) is 10.2 Å². The van der Waals surface area contributed by atoms with E-state index in [0.29, 0.717) is 17.9 Å². The van der Waals surface area contributed by atoms with Crippen molar-refractivity contribution < 1.29 is 13.9 Å². The number of furan rings is 1. The molecule has 144 valence electrons. The molecule has 0 radical (unpaired) electrons. The molecule has 0 aliphatic carbocycles. The molecule has 1 N–H and O–H groups in total. The summed E-state index contributed by atoms with van der Waals surface area (Å²) in [5.74, 6) is 3.27. The quantitative estimate of drug-likeness (QED) is 0.644. The van der Waals surface area contributed by atoms with E-state index in [-0.39, 0.29) is 0 Å². The molecular weight excluding hydrogens is 330 g/mol. The van der Waals surface area contributed by atoms with Crippen LogP contribution in [0.5, 0.6) is 0 Å². The predicted molar refractivity (Wildman–Crippen MR) is 100 cm³/mol. The van der Waals surface area contributed by atoms with Gasteiger partial charge in [-0.25, -0.2) is 0 Å². The maximum absolute atomic E-state index is 5.97. The van der Waals surface area contributed by atoms with Crippen molar-refractivity contribution in [3.8, 4) is 0 Å². The Balaban J connectivity index is 1.36. The fourth-order valence-corrected chi connectivity index (χ4v) is 4.24. The highest BCUT2D eigenvalue weighted by Gasteiger charge is 2.33. The molecule has 3 saturated heterocycles. The number of nitrogens with zero attached hydrogens (tertiary/aromatic N) is 2. The lowest BCUT2D eigenvalue weighted by molar-refractivity contribution is -0.0559. The molecule has 0 bridgehead atoms. The molecule has 6 heteroatoms. The summed E-state index contributed by atoms with van der Waals surface area (Å²) in [5, 5.41) is 3.58. The first-order valence-corrected chi connectivity index (χ1v) is 10.1. The first-order valence-electron chi connectivity index (χ1n) is 10.1. The van der Waals surface area contributed by atoms with Gasteiger partial charge in [-0.1, -0.05) is 0 Å². The number of hydrogen-bond acceptors (Lipinski definition) is 4. The lowest BCUT2D eigenvalue weighted by atomic mass is 9.88. The summed E-state index contributed by atoms with van der Waals surface area (Å²) >= 11 is 0. The Kier molecular flexibility index (Phi) is 6.12. The van der Waals surface area contributed by atoms with Gasteiger partial charge in [-0.2, -0.15) is 0 Å². The van der Waals surface area contributed by atoms with Crippen LogP contribution >= 0.6 is 0 Å². The van der Waals surface area contributed by atoms with Gasteiger partial charge in [0.2, 0.25) is 0 Å². The number of rotatable bonds is 5. The van der Waals surface area contributed by atoms with Gasteiger partial charge in [0, 0.05) is 57.6 Å². The molecule has 0 aromatic carbocycles. The molecule has 3 unspecified atom stereocenters. The van der Waals surface area contributed by atoms with E-state index in [9.17, 15) is 0 Å². The third-order valence-corrected chi connectivity index (χ3v) is 5.77. The van der Waals surface area contributed by atoms with Gasteiger partial charge in [0.1, 0.15) is 5.76 Å². The average molecular weight is 361 g/mol. The Morgan fingerprint density at radius 2 is 2.27 bits per heavy atom. The summed E-state index contributed by atoms with van der Waals surface area (Å²) in [4.78, 5) is 7.40. The van der Waals surface area contributed by atoms with Crippen molar-refractivity contribution >= 4 is 5.96 Å². The van der Waals surface area contributed by atoms with Crippen molar-refractivity contribution in [2.75, 3.05) is 46.0 Å². The van der Waals surface area contributed by atoms with Crippen LogP contribution < -0.4 is 5.32 Å². The Morgan fingerprint density at radius 3 is 3.12 bits per heavy atom. The molecule has 4 rings (SSSR count). The van der Waals surface area contributed by atoms with Crippen molar-refractivity contribution in [2.45, 2.75) is 38.2 Å². The van der Waals surface area contributed by atoms with E-state index < -0.39 is 0 Å². The number of nitrogens with one attached hydrogen (secondary N) is 1. The second-order valence-corrected chi connectivity index (χ2v) is 7.70. The molecule has 0 saturated carbocycles. The number of hydrogen-bond donors (Lipinski definition) is 1. The van der Waals surface area contributed by atoms with Crippen LogP contribution in [0.4, 0.5) is 0 Å². The molecule has 3 fully saturated rings. The lowest BCUT2D eigenvalue weighted by Crippen LogP contribution is -2.52. The minimum absolute atomic E-state index is 0.451. The fourth-order valence-electron chi connectivity index (χ4n) is 4.24. The molecule has 3 aliphatic rings. The van der Waals surface area contributed by atoms with Crippen molar-refractivity contribution in [3.63, 3.8) is 0 Å². The first-order chi connectivity index (χ1) is 12.9. The zero-order valence-electron chi connectivity index (χ0n) is 15.6. The van der Waals surface area contributed by atoms with E-state index in [1.165, 1.54) is 12.8 Å². The van der Waals surface area contributed by atoms with E-state index in [1.54, 1.807) is 6.26 Å². The largest absolute Gasteiger partial charge is 0.469 e. The average Bonchev–Trinajstić information content (AvgIpc) is 3.38. The molecule has 26 heavy (non-hydrogen) atoms. The first kappa shape index (κ1) is 17.9. The maximum atomic E-state index is 5.97. The summed E-state index contributed by atoms with van der Waals surface area (Å²) in [6.45, 7) is 6.44. The highest BCUT2D eigenvalue weighted by atomic mass is 16.5. The minimum Gasteiger partial charge on any atom is -0.469 e. The van der Waals surface area contributed by atoms with Crippen molar-refractivity contribution in [1.82, 2.24) is 10.2 Å². The summed E-state index contributed by atoms with van der Waals surface area (Å²) in [5.41, 5.74) is 0. The molecule has 1 aromatic rings. The van der Waals surface area contributed by atoms with Gasteiger partial charge in [-0.15, -0.1) is 0 Å². The summed E-state index contributed by atoms with van der Waals surface area (Å²) in [6, 6.07) is 3.97. The number of ether oxygens (including phenoxy) is 2. The number of guanidine groups is 1. The van der Waals surface area contributed by atoms with Crippen LogP contribution in [0.2, 0.25) is 0 Å². The number of likely N-dealkylation sites (tertiary alicyclic amines) is 1. The maximum Gasteiger partial charge on any atom is 0.193 e. The monoisotopic (exact) mass is 361 g/mol. The van der Waals surface area contributed by atoms with Gasteiger partial charge in [0.15, 0.2) is 5.96 Å². The number of fused-ring (bicyclic) bond motifs is 1.